The Morgan fingerprint density at radius 1 is 1.05 bits per heavy atom. The zero-order chi connectivity index (χ0) is 14.0. The molecule has 1 aromatic carbocycles. The van der Waals surface area contributed by atoms with Gasteiger partial charge in [0.15, 0.2) is 17.2 Å². The first-order chi connectivity index (χ1) is 8.97. The molecule has 1 aliphatic rings. The molecule has 4 N–H and O–H groups in total. The highest BCUT2D eigenvalue weighted by atomic mass is 16.5. The number of aromatic hydroxyl groups is 3. The summed E-state index contributed by atoms with van der Waals surface area (Å²) in [7, 11) is 0. The SMILES string of the molecule is O=C(OC1CCC(O)CC1)c1cc(O)c(O)c(O)c1. The number of aliphatic hydroxyl groups excluding tert-OH is 1. The van der Waals surface area contributed by atoms with E-state index in [-0.39, 0.29) is 17.8 Å². The average molecular weight is 268 g/mol. The Balaban J connectivity index is 2.04. The number of aliphatic hydroxyl groups is 1. The Morgan fingerprint density at radius 2 is 1.58 bits per heavy atom. The molecular formula is C13H16O6. The summed E-state index contributed by atoms with van der Waals surface area (Å²) in [6, 6.07) is 2.07. The van der Waals surface area contributed by atoms with Crippen LogP contribution >= 0.6 is 0 Å². The van der Waals surface area contributed by atoms with Crippen LogP contribution in [-0.2, 0) is 4.74 Å². The molecule has 1 aliphatic carbocycles. The van der Waals surface area contributed by atoms with Crippen molar-refractivity contribution in [3.8, 4) is 17.2 Å². The summed E-state index contributed by atoms with van der Waals surface area (Å²) in [5, 5.41) is 37.2. The molecule has 19 heavy (non-hydrogen) atoms. The Bertz CT molecular complexity index is 453. The minimum Gasteiger partial charge on any atom is -0.504 e. The van der Waals surface area contributed by atoms with Gasteiger partial charge in [0, 0.05) is 0 Å². The second-order valence-electron chi connectivity index (χ2n) is 4.70. The van der Waals surface area contributed by atoms with Crippen LogP contribution in [0, 0.1) is 0 Å². The summed E-state index contributed by atoms with van der Waals surface area (Å²) in [5.41, 5.74) is -0.0288. The normalized spacial score (nSPS) is 23.0. The van der Waals surface area contributed by atoms with Crippen molar-refractivity contribution in [1.29, 1.82) is 0 Å². The summed E-state index contributed by atoms with van der Waals surface area (Å²) in [5.74, 6) is -2.50. The number of hydrogen-bond donors (Lipinski definition) is 4. The zero-order valence-electron chi connectivity index (χ0n) is 10.2. The van der Waals surface area contributed by atoms with E-state index in [9.17, 15) is 25.2 Å². The zero-order valence-corrected chi connectivity index (χ0v) is 10.2. The fourth-order valence-corrected chi connectivity index (χ4v) is 2.10. The van der Waals surface area contributed by atoms with E-state index >= 15 is 0 Å². The molecule has 6 nitrogen and oxygen atoms in total. The molecule has 0 saturated heterocycles. The first-order valence-corrected chi connectivity index (χ1v) is 6.11. The van der Waals surface area contributed by atoms with Gasteiger partial charge in [-0.05, 0) is 37.8 Å². The first-order valence-electron chi connectivity index (χ1n) is 6.11. The van der Waals surface area contributed by atoms with E-state index in [0.717, 1.165) is 12.1 Å². The molecular weight excluding hydrogens is 252 g/mol. The van der Waals surface area contributed by atoms with Crippen molar-refractivity contribution >= 4 is 5.97 Å². The third-order valence-corrected chi connectivity index (χ3v) is 3.22. The van der Waals surface area contributed by atoms with Crippen molar-refractivity contribution < 1.29 is 30.0 Å². The number of phenols is 3. The van der Waals surface area contributed by atoms with Gasteiger partial charge < -0.3 is 25.2 Å². The lowest BCUT2D eigenvalue weighted by Gasteiger charge is -2.25. The van der Waals surface area contributed by atoms with E-state index in [0.29, 0.717) is 25.7 Å². The highest BCUT2D eigenvalue weighted by molar-refractivity contribution is 5.91. The third-order valence-electron chi connectivity index (χ3n) is 3.22. The van der Waals surface area contributed by atoms with E-state index in [4.69, 9.17) is 4.74 Å². The highest BCUT2D eigenvalue weighted by Gasteiger charge is 2.24. The van der Waals surface area contributed by atoms with Crippen LogP contribution in [0.25, 0.3) is 0 Å². The van der Waals surface area contributed by atoms with Crippen LogP contribution in [0.3, 0.4) is 0 Å². The monoisotopic (exact) mass is 268 g/mol. The van der Waals surface area contributed by atoms with Crippen molar-refractivity contribution in [2.75, 3.05) is 0 Å². The van der Waals surface area contributed by atoms with Gasteiger partial charge in [-0.25, -0.2) is 4.79 Å². The van der Waals surface area contributed by atoms with Gasteiger partial charge in [-0.2, -0.15) is 0 Å². The minimum atomic E-state index is -0.674. The topological polar surface area (TPSA) is 107 Å². The maximum Gasteiger partial charge on any atom is 0.338 e. The van der Waals surface area contributed by atoms with Gasteiger partial charge >= 0.3 is 5.97 Å². The van der Waals surface area contributed by atoms with E-state index in [1.807, 2.05) is 0 Å². The van der Waals surface area contributed by atoms with Crippen molar-refractivity contribution in [3.63, 3.8) is 0 Å². The number of rotatable bonds is 2. The molecule has 0 spiro atoms. The average Bonchev–Trinajstić information content (AvgIpc) is 2.38. The fraction of sp³-hybridized carbons (Fsp3) is 0.462. The van der Waals surface area contributed by atoms with Crippen LogP contribution in [0.15, 0.2) is 12.1 Å². The van der Waals surface area contributed by atoms with Crippen LogP contribution in [0.4, 0.5) is 0 Å². The summed E-state index contributed by atoms with van der Waals surface area (Å²) in [6.07, 6.45) is 1.74. The molecule has 0 aromatic heterocycles. The molecule has 1 aromatic rings. The molecule has 104 valence electrons. The Kier molecular flexibility index (Phi) is 3.80. The van der Waals surface area contributed by atoms with Crippen molar-refractivity contribution in [2.45, 2.75) is 37.9 Å². The summed E-state index contributed by atoms with van der Waals surface area (Å²) in [4.78, 5) is 11.8. The Labute approximate surface area is 109 Å². The molecule has 0 heterocycles. The van der Waals surface area contributed by atoms with Gasteiger partial charge in [-0.15, -0.1) is 0 Å². The molecule has 0 unspecified atom stereocenters. The highest BCUT2D eigenvalue weighted by Crippen LogP contribution is 2.35. The van der Waals surface area contributed by atoms with Crippen LogP contribution < -0.4 is 0 Å². The predicted octanol–water partition coefficient (Wildman–Crippen LogP) is 1.26. The van der Waals surface area contributed by atoms with E-state index in [2.05, 4.69) is 0 Å². The number of benzene rings is 1. The lowest BCUT2D eigenvalue weighted by atomic mass is 9.95. The lowest BCUT2D eigenvalue weighted by molar-refractivity contribution is 0.00453. The summed E-state index contributed by atoms with van der Waals surface area (Å²) in [6.45, 7) is 0. The second kappa shape index (κ2) is 5.36. The second-order valence-corrected chi connectivity index (χ2v) is 4.70. The fourth-order valence-electron chi connectivity index (χ4n) is 2.10. The molecule has 0 atom stereocenters. The van der Waals surface area contributed by atoms with Gasteiger partial charge in [-0.3, -0.25) is 0 Å². The van der Waals surface area contributed by atoms with Crippen LogP contribution in [0.5, 0.6) is 17.2 Å². The number of carbonyl (C=O) groups is 1. The molecule has 0 radical (unpaired) electrons. The van der Waals surface area contributed by atoms with Gasteiger partial charge in [0.2, 0.25) is 0 Å². The van der Waals surface area contributed by atoms with E-state index in [1.54, 1.807) is 0 Å². The predicted molar refractivity (Wildman–Crippen MR) is 65.1 cm³/mol. The van der Waals surface area contributed by atoms with Crippen molar-refractivity contribution in [2.24, 2.45) is 0 Å². The van der Waals surface area contributed by atoms with Gasteiger partial charge in [0.1, 0.15) is 6.10 Å². The number of hydrogen-bond acceptors (Lipinski definition) is 6. The maximum atomic E-state index is 11.8. The van der Waals surface area contributed by atoms with Crippen LogP contribution in [0.2, 0.25) is 0 Å². The Hall–Kier alpha value is -1.95. The lowest BCUT2D eigenvalue weighted by Crippen LogP contribution is -2.26. The molecule has 6 heteroatoms. The number of ether oxygens (including phenoxy) is 1. The molecule has 0 amide bonds. The van der Waals surface area contributed by atoms with Gasteiger partial charge in [0.05, 0.1) is 11.7 Å². The standard InChI is InChI=1S/C13H16O6/c14-8-1-3-9(4-2-8)19-13(18)7-5-10(15)12(17)11(16)6-7/h5-6,8-9,14-17H,1-4H2. The smallest absolute Gasteiger partial charge is 0.338 e. The largest absolute Gasteiger partial charge is 0.504 e. The van der Waals surface area contributed by atoms with Crippen LogP contribution in [-0.4, -0.2) is 38.6 Å². The quantitative estimate of drug-likeness (QED) is 0.475. The number of phenolic OH excluding ortho intramolecular Hbond substituents is 3. The van der Waals surface area contributed by atoms with Crippen molar-refractivity contribution in [1.82, 2.24) is 0 Å². The van der Waals surface area contributed by atoms with E-state index in [1.165, 1.54) is 0 Å². The number of esters is 1. The van der Waals surface area contributed by atoms with E-state index < -0.39 is 23.2 Å². The molecule has 0 aliphatic heterocycles. The molecule has 0 bridgehead atoms. The molecule has 1 saturated carbocycles. The minimum absolute atomic E-state index is 0.0288. The molecule has 1 fully saturated rings. The maximum absolute atomic E-state index is 11.8. The van der Waals surface area contributed by atoms with Gasteiger partial charge in [-0.1, -0.05) is 0 Å². The third kappa shape index (κ3) is 3.08. The molecule has 2 rings (SSSR count). The summed E-state index contributed by atoms with van der Waals surface area (Å²) < 4.78 is 5.22. The van der Waals surface area contributed by atoms with Crippen molar-refractivity contribution in [3.05, 3.63) is 17.7 Å². The van der Waals surface area contributed by atoms with Crippen LogP contribution in [0.1, 0.15) is 36.0 Å². The Morgan fingerprint density at radius 3 is 2.11 bits per heavy atom. The number of carbonyl (C=O) groups excluding carboxylic acids is 1. The summed E-state index contributed by atoms with van der Waals surface area (Å²) >= 11 is 0. The van der Waals surface area contributed by atoms with Gasteiger partial charge in [0.25, 0.3) is 0 Å². The first kappa shape index (κ1) is 13.5.